The summed E-state index contributed by atoms with van der Waals surface area (Å²) in [5, 5.41) is 8.76. The number of aryl methyl sites for hydroxylation is 1. The largest absolute Gasteiger partial charge is 0.352 e. The van der Waals surface area contributed by atoms with Gasteiger partial charge in [-0.3, -0.25) is 9.48 Å². The van der Waals surface area contributed by atoms with E-state index in [-0.39, 0.29) is 5.91 Å². The zero-order valence-electron chi connectivity index (χ0n) is 11.1. The quantitative estimate of drug-likeness (QED) is 0.785. The molecule has 0 saturated heterocycles. The van der Waals surface area contributed by atoms with Crippen LogP contribution in [0.1, 0.15) is 21.1 Å². The first-order valence-electron chi connectivity index (χ1n) is 6.09. The topological polar surface area (TPSA) is 85.8 Å². The molecule has 104 valence electrons. The van der Waals surface area contributed by atoms with Gasteiger partial charge in [-0.2, -0.15) is 5.10 Å². The lowest BCUT2D eigenvalue weighted by atomic mass is 10.3. The molecule has 1 amide bonds. The zero-order chi connectivity index (χ0) is 14.4. The van der Waals surface area contributed by atoms with Gasteiger partial charge in [-0.1, -0.05) is 11.8 Å². The average Bonchev–Trinajstić information content (AvgIpc) is 3.05. The van der Waals surface area contributed by atoms with Crippen LogP contribution in [0.3, 0.4) is 0 Å². The van der Waals surface area contributed by atoms with Crippen molar-refractivity contribution in [2.45, 2.75) is 6.42 Å². The van der Waals surface area contributed by atoms with Crippen LogP contribution in [-0.2, 0) is 13.5 Å². The van der Waals surface area contributed by atoms with Gasteiger partial charge in [0.1, 0.15) is 6.33 Å². The summed E-state index contributed by atoms with van der Waals surface area (Å²) >= 11 is 1.43. The highest BCUT2D eigenvalue weighted by Crippen LogP contribution is 2.13. The van der Waals surface area contributed by atoms with Crippen LogP contribution in [0, 0.1) is 11.8 Å². The monoisotopic (exact) mass is 289 g/mol. The van der Waals surface area contributed by atoms with Gasteiger partial charge < -0.3 is 11.1 Å². The second-order valence-corrected chi connectivity index (χ2v) is 4.96. The highest BCUT2D eigenvalue weighted by Gasteiger charge is 2.08. The molecule has 0 radical (unpaired) electrons. The van der Waals surface area contributed by atoms with Crippen LogP contribution in [0.15, 0.2) is 17.8 Å². The summed E-state index contributed by atoms with van der Waals surface area (Å²) in [7, 11) is 1.81. The molecule has 0 fully saturated rings. The molecular formula is C13H15N5OS. The Morgan fingerprint density at radius 1 is 1.60 bits per heavy atom. The number of carbonyl (C=O) groups excluding carboxylic acids is 1. The number of nitrogens with zero attached hydrogens (tertiary/aromatic N) is 3. The third-order valence-corrected chi connectivity index (χ3v) is 3.30. The van der Waals surface area contributed by atoms with Gasteiger partial charge >= 0.3 is 0 Å². The summed E-state index contributed by atoms with van der Waals surface area (Å²) in [4.78, 5) is 16.8. The maximum absolute atomic E-state index is 11.9. The van der Waals surface area contributed by atoms with Gasteiger partial charge in [0.05, 0.1) is 17.0 Å². The molecule has 2 rings (SSSR count). The summed E-state index contributed by atoms with van der Waals surface area (Å²) < 4.78 is 1.64. The minimum absolute atomic E-state index is 0.113. The SMILES string of the molecule is Cn1cnc(CCNC(=O)c2csc(C#CCN)c2)n1. The van der Waals surface area contributed by atoms with Crippen LogP contribution in [-0.4, -0.2) is 33.8 Å². The lowest BCUT2D eigenvalue weighted by Crippen LogP contribution is -2.25. The minimum atomic E-state index is -0.113. The molecule has 6 nitrogen and oxygen atoms in total. The van der Waals surface area contributed by atoms with Gasteiger partial charge in [-0.25, -0.2) is 4.98 Å². The first-order chi connectivity index (χ1) is 9.69. The molecule has 0 aliphatic heterocycles. The van der Waals surface area contributed by atoms with Crippen molar-refractivity contribution in [3.8, 4) is 11.8 Å². The van der Waals surface area contributed by atoms with Crippen molar-refractivity contribution in [2.75, 3.05) is 13.1 Å². The number of rotatable bonds is 4. The Kier molecular flexibility index (Phi) is 4.87. The van der Waals surface area contributed by atoms with Gasteiger partial charge in [0, 0.05) is 25.4 Å². The van der Waals surface area contributed by atoms with Crippen LogP contribution >= 0.6 is 11.3 Å². The van der Waals surface area contributed by atoms with Gasteiger partial charge in [-0.05, 0) is 6.07 Å². The molecule has 3 N–H and O–H groups in total. The number of nitrogens with two attached hydrogens (primary N) is 1. The van der Waals surface area contributed by atoms with Crippen LogP contribution in [0.4, 0.5) is 0 Å². The number of aromatic nitrogens is 3. The molecule has 0 bridgehead atoms. The van der Waals surface area contributed by atoms with E-state index in [9.17, 15) is 4.79 Å². The molecule has 2 aromatic rings. The third kappa shape index (κ3) is 3.91. The van der Waals surface area contributed by atoms with Crippen molar-refractivity contribution in [2.24, 2.45) is 12.8 Å². The van der Waals surface area contributed by atoms with Crippen molar-refractivity contribution in [1.82, 2.24) is 20.1 Å². The molecule has 0 aliphatic carbocycles. The molecule has 0 spiro atoms. The Bertz CT molecular complexity index is 649. The fourth-order valence-electron chi connectivity index (χ4n) is 1.55. The molecule has 2 heterocycles. The van der Waals surface area contributed by atoms with Crippen LogP contribution < -0.4 is 11.1 Å². The van der Waals surface area contributed by atoms with Crippen LogP contribution in [0.5, 0.6) is 0 Å². The number of carbonyl (C=O) groups is 1. The highest BCUT2D eigenvalue weighted by atomic mass is 32.1. The number of amides is 1. The van der Waals surface area contributed by atoms with E-state index in [0.717, 1.165) is 4.88 Å². The van der Waals surface area contributed by atoms with Gasteiger partial charge in [0.25, 0.3) is 5.91 Å². The zero-order valence-corrected chi connectivity index (χ0v) is 11.9. The molecule has 0 saturated carbocycles. The van der Waals surface area contributed by atoms with Crippen molar-refractivity contribution in [3.63, 3.8) is 0 Å². The maximum Gasteiger partial charge on any atom is 0.252 e. The van der Waals surface area contributed by atoms with E-state index >= 15 is 0 Å². The first kappa shape index (κ1) is 14.2. The second kappa shape index (κ2) is 6.84. The molecule has 7 heteroatoms. The van der Waals surface area contributed by atoms with Gasteiger partial charge in [-0.15, -0.1) is 11.3 Å². The summed E-state index contributed by atoms with van der Waals surface area (Å²) in [5.74, 6) is 6.27. The summed E-state index contributed by atoms with van der Waals surface area (Å²) in [6.45, 7) is 0.818. The summed E-state index contributed by atoms with van der Waals surface area (Å²) in [6.07, 6.45) is 2.25. The average molecular weight is 289 g/mol. The van der Waals surface area contributed by atoms with Gasteiger partial charge in [0.2, 0.25) is 0 Å². The van der Waals surface area contributed by atoms with E-state index in [1.807, 2.05) is 7.05 Å². The Morgan fingerprint density at radius 2 is 2.45 bits per heavy atom. The minimum Gasteiger partial charge on any atom is -0.352 e. The maximum atomic E-state index is 11.9. The predicted molar refractivity (Wildman–Crippen MR) is 77.3 cm³/mol. The molecule has 0 unspecified atom stereocenters. The van der Waals surface area contributed by atoms with E-state index in [4.69, 9.17) is 5.73 Å². The van der Waals surface area contributed by atoms with Crippen molar-refractivity contribution in [1.29, 1.82) is 0 Å². The van der Waals surface area contributed by atoms with Crippen molar-refractivity contribution < 1.29 is 4.79 Å². The first-order valence-corrected chi connectivity index (χ1v) is 6.97. The fourth-order valence-corrected chi connectivity index (χ4v) is 2.30. The van der Waals surface area contributed by atoms with Gasteiger partial charge in [0.15, 0.2) is 5.82 Å². The number of nitrogens with one attached hydrogen (secondary N) is 1. The van der Waals surface area contributed by atoms with E-state index < -0.39 is 0 Å². The molecule has 0 aliphatic rings. The number of hydrogen-bond acceptors (Lipinski definition) is 5. The van der Waals surface area contributed by atoms with Crippen molar-refractivity contribution in [3.05, 3.63) is 34.0 Å². The Labute approximate surface area is 121 Å². The Morgan fingerprint density at radius 3 is 3.15 bits per heavy atom. The number of hydrogen-bond donors (Lipinski definition) is 2. The summed E-state index contributed by atoms with van der Waals surface area (Å²) in [6, 6.07) is 1.77. The second-order valence-electron chi connectivity index (χ2n) is 4.05. The highest BCUT2D eigenvalue weighted by molar-refractivity contribution is 7.10. The fraction of sp³-hybridized carbons (Fsp3) is 0.308. The Hall–Kier alpha value is -2.17. The normalized spacial score (nSPS) is 9.90. The lowest BCUT2D eigenvalue weighted by Gasteiger charge is -2.00. The molecular weight excluding hydrogens is 274 g/mol. The van der Waals surface area contributed by atoms with E-state index in [0.29, 0.717) is 30.9 Å². The molecule has 0 aromatic carbocycles. The standard InChI is InChI=1S/C13H15N5OS/c1-18-9-16-12(17-18)4-6-15-13(19)10-7-11(20-8-10)3-2-5-14/h7-9H,4-6,14H2,1H3,(H,15,19). The van der Waals surface area contributed by atoms with E-state index in [1.54, 1.807) is 22.5 Å². The van der Waals surface area contributed by atoms with E-state index in [1.165, 1.54) is 11.3 Å². The van der Waals surface area contributed by atoms with E-state index in [2.05, 4.69) is 27.2 Å². The smallest absolute Gasteiger partial charge is 0.252 e. The molecule has 0 atom stereocenters. The van der Waals surface area contributed by atoms with Crippen LogP contribution in [0.2, 0.25) is 0 Å². The third-order valence-electron chi connectivity index (χ3n) is 2.46. The molecule has 2 aromatic heterocycles. The molecule has 20 heavy (non-hydrogen) atoms. The number of thiophene rings is 1. The lowest BCUT2D eigenvalue weighted by molar-refractivity contribution is 0.0954. The van der Waals surface area contributed by atoms with Crippen LogP contribution in [0.25, 0.3) is 0 Å². The Balaban J connectivity index is 1.84. The predicted octanol–water partition coefficient (Wildman–Crippen LogP) is 0.159. The summed E-state index contributed by atoms with van der Waals surface area (Å²) in [5.41, 5.74) is 5.92. The van der Waals surface area contributed by atoms with Crippen molar-refractivity contribution >= 4 is 17.2 Å².